The molecule has 2 aromatic heterocycles. The van der Waals surface area contributed by atoms with Crippen molar-refractivity contribution in [1.29, 1.82) is 0 Å². The van der Waals surface area contributed by atoms with Crippen molar-refractivity contribution in [2.45, 2.75) is 19.9 Å². The Morgan fingerprint density at radius 3 is 3.05 bits per heavy atom. The van der Waals surface area contributed by atoms with Gasteiger partial charge in [0.15, 0.2) is 5.58 Å². The number of aromatic nitrogens is 4. The molecule has 2 heterocycles. The summed E-state index contributed by atoms with van der Waals surface area (Å²) in [5.74, 6) is 0.632. The zero-order valence-electron chi connectivity index (χ0n) is 11.3. The smallest absolute Gasteiger partial charge is 0.217 e. The van der Waals surface area contributed by atoms with Gasteiger partial charge in [-0.15, -0.1) is 5.10 Å². The van der Waals surface area contributed by atoms with Crippen molar-refractivity contribution in [1.82, 2.24) is 20.0 Å². The summed E-state index contributed by atoms with van der Waals surface area (Å²) in [4.78, 5) is 4.41. The Morgan fingerprint density at radius 2 is 2.20 bits per heavy atom. The highest BCUT2D eigenvalue weighted by Gasteiger charge is 2.07. The lowest BCUT2D eigenvalue weighted by atomic mass is 10.3. The molecule has 0 saturated heterocycles. The third kappa shape index (κ3) is 2.85. The summed E-state index contributed by atoms with van der Waals surface area (Å²) in [7, 11) is 0. The first-order valence-corrected chi connectivity index (χ1v) is 6.66. The lowest BCUT2D eigenvalue weighted by Crippen LogP contribution is -2.00. The van der Waals surface area contributed by atoms with Crippen molar-refractivity contribution in [2.75, 3.05) is 13.2 Å². The first-order valence-electron chi connectivity index (χ1n) is 6.66. The maximum atomic E-state index is 5.66. The van der Waals surface area contributed by atoms with Crippen LogP contribution in [0.5, 0.6) is 0 Å². The molecule has 0 aliphatic carbocycles. The van der Waals surface area contributed by atoms with E-state index in [1.165, 1.54) is 0 Å². The Kier molecular flexibility index (Phi) is 3.73. The first kappa shape index (κ1) is 12.8. The molecule has 3 rings (SSSR count). The number of oxazole rings is 1. The number of ether oxygens (including phenoxy) is 1. The van der Waals surface area contributed by atoms with E-state index in [1.807, 2.05) is 37.4 Å². The van der Waals surface area contributed by atoms with Gasteiger partial charge in [-0.3, -0.25) is 0 Å². The van der Waals surface area contributed by atoms with Crippen LogP contribution in [0, 0.1) is 0 Å². The average molecular weight is 272 g/mol. The van der Waals surface area contributed by atoms with E-state index >= 15 is 0 Å². The molecule has 0 aliphatic heterocycles. The van der Waals surface area contributed by atoms with Gasteiger partial charge in [0.2, 0.25) is 5.89 Å². The van der Waals surface area contributed by atoms with Crippen molar-refractivity contribution >= 4 is 11.1 Å². The molecule has 0 N–H and O–H groups in total. The number of benzene rings is 1. The van der Waals surface area contributed by atoms with E-state index in [-0.39, 0.29) is 0 Å². The zero-order valence-corrected chi connectivity index (χ0v) is 11.3. The van der Waals surface area contributed by atoms with Crippen LogP contribution >= 0.6 is 0 Å². The Balaban J connectivity index is 1.68. The Bertz CT molecular complexity index is 656. The van der Waals surface area contributed by atoms with Gasteiger partial charge in [-0.2, -0.15) is 0 Å². The topological polar surface area (TPSA) is 66.0 Å². The monoisotopic (exact) mass is 272 g/mol. The second kappa shape index (κ2) is 5.83. The largest absolute Gasteiger partial charge is 0.439 e. The normalized spacial score (nSPS) is 11.2. The summed E-state index contributed by atoms with van der Waals surface area (Å²) in [5.41, 5.74) is 2.56. The van der Waals surface area contributed by atoms with Crippen LogP contribution in [0.1, 0.15) is 18.5 Å². The fraction of sp³-hybridized carbons (Fsp3) is 0.357. The first-order chi connectivity index (χ1) is 9.85. The highest BCUT2D eigenvalue weighted by atomic mass is 16.5. The number of rotatable bonds is 6. The molecule has 0 atom stereocenters. The second-order valence-electron chi connectivity index (χ2n) is 4.43. The third-order valence-electron chi connectivity index (χ3n) is 2.93. The summed E-state index contributed by atoms with van der Waals surface area (Å²) in [6, 6.07) is 7.70. The molecule has 0 aliphatic rings. The molecule has 0 unspecified atom stereocenters. The van der Waals surface area contributed by atoms with E-state index in [9.17, 15) is 0 Å². The van der Waals surface area contributed by atoms with E-state index in [0.29, 0.717) is 19.0 Å². The summed E-state index contributed by atoms with van der Waals surface area (Å²) < 4.78 is 12.7. The molecule has 104 valence electrons. The molecule has 6 heteroatoms. The number of fused-ring (bicyclic) bond motifs is 1. The maximum absolute atomic E-state index is 5.66. The van der Waals surface area contributed by atoms with Crippen LogP contribution in [0.3, 0.4) is 0 Å². The summed E-state index contributed by atoms with van der Waals surface area (Å²) in [6.45, 7) is 3.84. The van der Waals surface area contributed by atoms with Crippen LogP contribution in [0.15, 0.2) is 34.9 Å². The molecule has 20 heavy (non-hydrogen) atoms. The van der Waals surface area contributed by atoms with Gasteiger partial charge in [-0.1, -0.05) is 17.3 Å². The van der Waals surface area contributed by atoms with Gasteiger partial charge in [0.05, 0.1) is 12.3 Å². The second-order valence-corrected chi connectivity index (χ2v) is 4.43. The summed E-state index contributed by atoms with van der Waals surface area (Å²) in [6.07, 6.45) is 2.66. The highest BCUT2D eigenvalue weighted by molar-refractivity contribution is 5.72. The molecule has 3 aromatic rings. The van der Waals surface area contributed by atoms with Gasteiger partial charge in [0.25, 0.3) is 0 Å². The number of para-hydroxylation sites is 2. The van der Waals surface area contributed by atoms with Gasteiger partial charge in [0.1, 0.15) is 12.1 Å². The van der Waals surface area contributed by atoms with Crippen LogP contribution in [0.25, 0.3) is 11.1 Å². The molecule has 1 aromatic carbocycles. The molecular weight excluding hydrogens is 256 g/mol. The summed E-state index contributed by atoms with van der Waals surface area (Å²) in [5, 5.41) is 8.17. The Hall–Kier alpha value is -2.21. The Labute approximate surface area is 116 Å². The van der Waals surface area contributed by atoms with E-state index in [2.05, 4.69) is 15.3 Å². The van der Waals surface area contributed by atoms with E-state index in [4.69, 9.17) is 9.15 Å². The number of hydrogen-bond acceptors (Lipinski definition) is 5. The minimum atomic E-state index is 0.482. The van der Waals surface area contributed by atoms with Gasteiger partial charge in [0, 0.05) is 19.2 Å². The Morgan fingerprint density at radius 1 is 1.30 bits per heavy atom. The van der Waals surface area contributed by atoms with Gasteiger partial charge in [-0.05, 0) is 19.1 Å². The number of nitrogens with zero attached hydrogens (tertiary/aromatic N) is 4. The van der Waals surface area contributed by atoms with E-state index in [1.54, 1.807) is 4.68 Å². The van der Waals surface area contributed by atoms with Crippen LogP contribution in [0.2, 0.25) is 0 Å². The van der Waals surface area contributed by atoms with Gasteiger partial charge in [-0.25, -0.2) is 9.67 Å². The van der Waals surface area contributed by atoms with Crippen molar-refractivity contribution in [2.24, 2.45) is 0 Å². The molecule has 0 fully saturated rings. The van der Waals surface area contributed by atoms with Crippen LogP contribution in [-0.4, -0.2) is 33.2 Å². The van der Waals surface area contributed by atoms with Crippen molar-refractivity contribution in [3.05, 3.63) is 42.0 Å². The van der Waals surface area contributed by atoms with E-state index < -0.39 is 0 Å². The van der Waals surface area contributed by atoms with Crippen LogP contribution < -0.4 is 0 Å². The average Bonchev–Trinajstić information content (AvgIpc) is 3.05. The van der Waals surface area contributed by atoms with Crippen molar-refractivity contribution < 1.29 is 9.15 Å². The van der Waals surface area contributed by atoms with Crippen LogP contribution in [0.4, 0.5) is 0 Å². The SMILES string of the molecule is CCOCCc1cn(Cc2nc3ccccc3o2)nn1. The van der Waals surface area contributed by atoms with E-state index in [0.717, 1.165) is 29.8 Å². The van der Waals surface area contributed by atoms with Gasteiger partial charge < -0.3 is 9.15 Å². The molecule has 0 saturated carbocycles. The molecular formula is C14H16N4O2. The lowest BCUT2D eigenvalue weighted by Gasteiger charge is -1.96. The van der Waals surface area contributed by atoms with Gasteiger partial charge >= 0.3 is 0 Å². The third-order valence-corrected chi connectivity index (χ3v) is 2.93. The van der Waals surface area contributed by atoms with Crippen LogP contribution in [-0.2, 0) is 17.7 Å². The fourth-order valence-corrected chi connectivity index (χ4v) is 1.98. The lowest BCUT2D eigenvalue weighted by molar-refractivity contribution is 0.150. The zero-order chi connectivity index (χ0) is 13.8. The molecule has 6 nitrogen and oxygen atoms in total. The highest BCUT2D eigenvalue weighted by Crippen LogP contribution is 2.15. The van der Waals surface area contributed by atoms with Crippen molar-refractivity contribution in [3.63, 3.8) is 0 Å². The predicted octanol–water partition coefficient (Wildman–Crippen LogP) is 2.05. The summed E-state index contributed by atoms with van der Waals surface area (Å²) >= 11 is 0. The maximum Gasteiger partial charge on any atom is 0.217 e. The number of hydrogen-bond donors (Lipinski definition) is 0. The molecule has 0 spiro atoms. The fourth-order valence-electron chi connectivity index (χ4n) is 1.98. The standard InChI is InChI=1S/C14H16N4O2/c1-2-19-8-7-11-9-18(17-16-11)10-14-15-12-5-3-4-6-13(12)20-14/h3-6,9H,2,7-8,10H2,1H3. The molecule has 0 amide bonds. The quantitative estimate of drug-likeness (QED) is 0.642. The minimum absolute atomic E-state index is 0.482. The molecule has 0 bridgehead atoms. The minimum Gasteiger partial charge on any atom is -0.439 e. The van der Waals surface area contributed by atoms with Crippen molar-refractivity contribution in [3.8, 4) is 0 Å². The molecule has 0 radical (unpaired) electrons. The predicted molar refractivity (Wildman–Crippen MR) is 73.3 cm³/mol.